The Morgan fingerprint density at radius 2 is 1.80 bits per heavy atom. The van der Waals surface area contributed by atoms with Crippen LogP contribution in [0.25, 0.3) is 0 Å². The molecule has 30 heavy (non-hydrogen) atoms. The van der Waals surface area contributed by atoms with Crippen molar-refractivity contribution in [2.24, 2.45) is 0 Å². The molecule has 7 nitrogen and oxygen atoms in total. The maximum absolute atomic E-state index is 13.1. The van der Waals surface area contributed by atoms with Gasteiger partial charge in [-0.2, -0.15) is 0 Å². The summed E-state index contributed by atoms with van der Waals surface area (Å²) in [6, 6.07) is 15.8. The van der Waals surface area contributed by atoms with Gasteiger partial charge in [0.1, 0.15) is 11.5 Å². The second-order valence-corrected chi connectivity index (χ2v) is 7.80. The fraction of sp³-hybridized carbons (Fsp3) is 0.391. The van der Waals surface area contributed by atoms with Gasteiger partial charge in [-0.1, -0.05) is 35.5 Å². The van der Waals surface area contributed by atoms with E-state index in [9.17, 15) is 4.79 Å². The van der Waals surface area contributed by atoms with Gasteiger partial charge in [-0.05, 0) is 24.6 Å². The standard InChI is InChI=1S/C23H28N4O3/c1-19-14-21(24-30-19)16-25-9-11-26(12-10-25)18-23(28)27(17-22-8-5-13-29-22)15-20-6-3-2-4-7-20/h2-8,13-14H,9-12,15-18H2,1H3. The number of aryl methyl sites for hydroxylation is 1. The highest BCUT2D eigenvalue weighted by Gasteiger charge is 2.23. The van der Waals surface area contributed by atoms with Gasteiger partial charge in [0.15, 0.2) is 0 Å². The van der Waals surface area contributed by atoms with Gasteiger partial charge in [-0.25, -0.2) is 0 Å². The van der Waals surface area contributed by atoms with E-state index in [1.807, 2.05) is 60.4 Å². The number of amides is 1. The van der Waals surface area contributed by atoms with Gasteiger partial charge in [-0.15, -0.1) is 0 Å². The van der Waals surface area contributed by atoms with Crippen LogP contribution in [0.1, 0.15) is 22.8 Å². The zero-order valence-electron chi connectivity index (χ0n) is 17.4. The van der Waals surface area contributed by atoms with Crippen molar-refractivity contribution in [3.8, 4) is 0 Å². The number of carbonyl (C=O) groups excluding carboxylic acids is 1. The number of hydrogen-bond donors (Lipinski definition) is 0. The zero-order valence-corrected chi connectivity index (χ0v) is 17.4. The van der Waals surface area contributed by atoms with E-state index in [0.717, 1.165) is 55.5 Å². The Kier molecular flexibility index (Phi) is 6.61. The lowest BCUT2D eigenvalue weighted by Gasteiger charge is -2.35. The van der Waals surface area contributed by atoms with Crippen molar-refractivity contribution in [3.05, 3.63) is 77.6 Å². The first-order valence-corrected chi connectivity index (χ1v) is 10.4. The highest BCUT2D eigenvalue weighted by Crippen LogP contribution is 2.13. The van der Waals surface area contributed by atoms with E-state index in [1.165, 1.54) is 0 Å². The number of hydrogen-bond acceptors (Lipinski definition) is 6. The third-order valence-electron chi connectivity index (χ3n) is 5.38. The number of carbonyl (C=O) groups is 1. The van der Waals surface area contributed by atoms with Crippen LogP contribution >= 0.6 is 0 Å². The summed E-state index contributed by atoms with van der Waals surface area (Å²) in [5.41, 5.74) is 2.08. The van der Waals surface area contributed by atoms with E-state index in [1.54, 1.807) is 6.26 Å². The average molecular weight is 409 g/mol. The second kappa shape index (κ2) is 9.73. The largest absolute Gasteiger partial charge is 0.467 e. The lowest BCUT2D eigenvalue weighted by atomic mass is 10.2. The van der Waals surface area contributed by atoms with Crippen LogP contribution < -0.4 is 0 Å². The zero-order chi connectivity index (χ0) is 20.8. The lowest BCUT2D eigenvalue weighted by molar-refractivity contribution is -0.134. The molecular formula is C23H28N4O3. The molecule has 1 saturated heterocycles. The summed E-state index contributed by atoms with van der Waals surface area (Å²) in [7, 11) is 0. The molecule has 0 aliphatic carbocycles. The normalized spacial score (nSPS) is 15.4. The minimum atomic E-state index is 0.121. The maximum Gasteiger partial charge on any atom is 0.237 e. The average Bonchev–Trinajstić information content (AvgIpc) is 3.41. The molecule has 1 aliphatic rings. The van der Waals surface area contributed by atoms with Crippen LogP contribution in [-0.2, 0) is 24.4 Å². The molecule has 4 rings (SSSR count). The van der Waals surface area contributed by atoms with Crippen molar-refractivity contribution < 1.29 is 13.7 Å². The van der Waals surface area contributed by atoms with Crippen molar-refractivity contribution in [2.45, 2.75) is 26.6 Å². The summed E-state index contributed by atoms with van der Waals surface area (Å²) in [5, 5.41) is 4.08. The van der Waals surface area contributed by atoms with Gasteiger partial charge in [0.2, 0.25) is 5.91 Å². The summed E-state index contributed by atoms with van der Waals surface area (Å²) < 4.78 is 10.6. The molecule has 0 N–H and O–H groups in total. The van der Waals surface area contributed by atoms with Crippen LogP contribution in [0.5, 0.6) is 0 Å². The predicted molar refractivity (Wildman–Crippen MR) is 112 cm³/mol. The Bertz CT molecular complexity index is 915. The number of aromatic nitrogens is 1. The molecule has 0 unspecified atom stereocenters. The molecule has 1 aromatic carbocycles. The Morgan fingerprint density at radius 1 is 1.03 bits per heavy atom. The van der Waals surface area contributed by atoms with Gasteiger partial charge >= 0.3 is 0 Å². The monoisotopic (exact) mass is 408 g/mol. The van der Waals surface area contributed by atoms with E-state index >= 15 is 0 Å². The summed E-state index contributed by atoms with van der Waals surface area (Å²) in [6.07, 6.45) is 1.65. The van der Waals surface area contributed by atoms with Gasteiger partial charge in [-0.3, -0.25) is 14.6 Å². The van der Waals surface area contributed by atoms with E-state index in [0.29, 0.717) is 19.6 Å². The van der Waals surface area contributed by atoms with Crippen LogP contribution in [0.15, 0.2) is 63.7 Å². The first kappa shape index (κ1) is 20.4. The van der Waals surface area contributed by atoms with Crippen molar-refractivity contribution >= 4 is 5.91 Å². The molecule has 7 heteroatoms. The molecule has 0 spiro atoms. The van der Waals surface area contributed by atoms with Gasteiger partial charge in [0.05, 0.1) is 25.0 Å². The minimum Gasteiger partial charge on any atom is -0.467 e. The molecule has 1 amide bonds. The lowest BCUT2D eigenvalue weighted by Crippen LogP contribution is -2.49. The summed E-state index contributed by atoms with van der Waals surface area (Å²) >= 11 is 0. The number of piperazine rings is 1. The Balaban J connectivity index is 1.31. The molecule has 158 valence electrons. The minimum absolute atomic E-state index is 0.121. The third-order valence-corrected chi connectivity index (χ3v) is 5.38. The quantitative estimate of drug-likeness (QED) is 0.571. The fourth-order valence-corrected chi connectivity index (χ4v) is 3.75. The molecule has 3 aromatic rings. The number of benzene rings is 1. The Labute approximate surface area is 176 Å². The molecule has 0 radical (unpaired) electrons. The number of nitrogens with zero attached hydrogens (tertiary/aromatic N) is 4. The van der Waals surface area contributed by atoms with Crippen LogP contribution in [0, 0.1) is 6.92 Å². The molecule has 0 saturated carbocycles. The molecule has 1 aliphatic heterocycles. The van der Waals surface area contributed by atoms with Crippen molar-refractivity contribution in [3.63, 3.8) is 0 Å². The molecular weight excluding hydrogens is 380 g/mol. The Morgan fingerprint density at radius 3 is 2.47 bits per heavy atom. The summed E-state index contributed by atoms with van der Waals surface area (Å²) in [6.45, 7) is 7.72. The van der Waals surface area contributed by atoms with E-state index in [2.05, 4.69) is 15.0 Å². The van der Waals surface area contributed by atoms with Crippen LogP contribution in [0.3, 0.4) is 0 Å². The molecule has 2 aromatic heterocycles. The molecule has 0 bridgehead atoms. The Hall–Kier alpha value is -2.90. The van der Waals surface area contributed by atoms with Crippen LogP contribution in [0.2, 0.25) is 0 Å². The van der Waals surface area contributed by atoms with Crippen LogP contribution in [0.4, 0.5) is 0 Å². The van der Waals surface area contributed by atoms with Gasteiger partial charge < -0.3 is 13.8 Å². The van der Waals surface area contributed by atoms with Crippen molar-refractivity contribution in [1.29, 1.82) is 0 Å². The van der Waals surface area contributed by atoms with E-state index in [-0.39, 0.29) is 5.91 Å². The van der Waals surface area contributed by atoms with Crippen LogP contribution in [-0.4, -0.2) is 58.5 Å². The summed E-state index contributed by atoms with van der Waals surface area (Å²) in [4.78, 5) is 19.6. The first-order chi connectivity index (χ1) is 14.7. The second-order valence-electron chi connectivity index (χ2n) is 7.80. The predicted octanol–water partition coefficient (Wildman–Crippen LogP) is 2.92. The van der Waals surface area contributed by atoms with E-state index in [4.69, 9.17) is 8.94 Å². The SMILES string of the molecule is Cc1cc(CN2CCN(CC(=O)N(Cc3ccccc3)Cc3ccco3)CC2)no1. The first-order valence-electron chi connectivity index (χ1n) is 10.4. The molecule has 3 heterocycles. The third kappa shape index (κ3) is 5.58. The van der Waals surface area contributed by atoms with Gasteiger partial charge in [0.25, 0.3) is 0 Å². The van der Waals surface area contributed by atoms with Gasteiger partial charge in [0, 0.05) is 45.3 Å². The number of furan rings is 1. The smallest absolute Gasteiger partial charge is 0.237 e. The fourth-order valence-electron chi connectivity index (χ4n) is 3.75. The van der Waals surface area contributed by atoms with E-state index < -0.39 is 0 Å². The van der Waals surface area contributed by atoms with Crippen molar-refractivity contribution in [1.82, 2.24) is 19.9 Å². The topological polar surface area (TPSA) is 66.0 Å². The summed E-state index contributed by atoms with van der Waals surface area (Å²) in [5.74, 6) is 1.76. The highest BCUT2D eigenvalue weighted by atomic mass is 16.5. The number of rotatable bonds is 8. The highest BCUT2D eigenvalue weighted by molar-refractivity contribution is 5.78. The molecule has 1 fully saturated rings. The van der Waals surface area contributed by atoms with Crippen molar-refractivity contribution in [2.75, 3.05) is 32.7 Å². The molecule has 0 atom stereocenters. The maximum atomic E-state index is 13.1.